The largest absolute Gasteiger partial charge is 0.380 e. The Morgan fingerprint density at radius 3 is 2.62 bits per heavy atom. The van der Waals surface area contributed by atoms with Crippen LogP contribution in [0, 0.1) is 18.8 Å². The molecule has 158 valence electrons. The van der Waals surface area contributed by atoms with E-state index < -0.39 is 11.2 Å². The van der Waals surface area contributed by atoms with Crippen molar-refractivity contribution in [2.75, 3.05) is 37.0 Å². The maximum atomic E-state index is 12.7. The molecular formula is C21H31N5O3. The quantitative estimate of drug-likeness (QED) is 0.698. The average Bonchev–Trinajstić information content (AvgIpc) is 3.46. The lowest BCUT2D eigenvalue weighted by molar-refractivity contribution is 0.113. The van der Waals surface area contributed by atoms with Gasteiger partial charge in [-0.15, -0.1) is 0 Å². The summed E-state index contributed by atoms with van der Waals surface area (Å²) in [4.78, 5) is 27.6. The molecule has 29 heavy (non-hydrogen) atoms. The van der Waals surface area contributed by atoms with Crippen LogP contribution in [0.5, 0.6) is 0 Å². The van der Waals surface area contributed by atoms with Crippen molar-refractivity contribution < 1.29 is 4.74 Å². The number of nitrogen functional groups attached to an aromatic ring is 1. The van der Waals surface area contributed by atoms with Crippen molar-refractivity contribution in [2.24, 2.45) is 17.6 Å². The zero-order chi connectivity index (χ0) is 20.9. The van der Waals surface area contributed by atoms with E-state index in [0.717, 1.165) is 47.4 Å². The van der Waals surface area contributed by atoms with Gasteiger partial charge in [0.05, 0.1) is 17.5 Å². The second kappa shape index (κ2) is 7.50. The summed E-state index contributed by atoms with van der Waals surface area (Å²) < 4.78 is 7.99. The molecule has 8 nitrogen and oxygen atoms in total. The van der Waals surface area contributed by atoms with Gasteiger partial charge in [0.15, 0.2) is 0 Å². The molecule has 2 fully saturated rings. The first-order chi connectivity index (χ1) is 13.8. The molecule has 0 radical (unpaired) electrons. The third kappa shape index (κ3) is 3.34. The highest BCUT2D eigenvalue weighted by molar-refractivity contribution is 5.87. The second-order valence-corrected chi connectivity index (χ2v) is 8.53. The first-order valence-electron chi connectivity index (χ1n) is 10.5. The Morgan fingerprint density at radius 1 is 1.24 bits per heavy atom. The molecule has 0 amide bonds. The minimum atomic E-state index is -0.442. The van der Waals surface area contributed by atoms with E-state index in [-0.39, 0.29) is 12.1 Å². The van der Waals surface area contributed by atoms with E-state index in [1.807, 2.05) is 19.9 Å². The Labute approximate surface area is 170 Å². The van der Waals surface area contributed by atoms with E-state index in [2.05, 4.69) is 11.8 Å². The van der Waals surface area contributed by atoms with Crippen LogP contribution in [0.2, 0.25) is 0 Å². The lowest BCUT2D eigenvalue weighted by atomic mass is 9.91. The zero-order valence-corrected chi connectivity index (χ0v) is 17.4. The van der Waals surface area contributed by atoms with Gasteiger partial charge in [0, 0.05) is 37.5 Å². The van der Waals surface area contributed by atoms with Gasteiger partial charge in [0.2, 0.25) is 0 Å². The molecule has 1 aromatic heterocycles. The zero-order valence-electron chi connectivity index (χ0n) is 17.4. The van der Waals surface area contributed by atoms with Crippen LogP contribution in [0.25, 0.3) is 10.9 Å². The highest BCUT2D eigenvalue weighted by Crippen LogP contribution is 2.38. The number of rotatable bonds is 6. The number of hydrogen-bond acceptors (Lipinski definition) is 6. The highest BCUT2D eigenvalue weighted by atomic mass is 16.5. The molecule has 1 aliphatic carbocycles. The molecule has 2 heterocycles. The Balaban J connectivity index is 1.76. The van der Waals surface area contributed by atoms with Crippen molar-refractivity contribution in [1.82, 2.24) is 9.24 Å². The average molecular weight is 402 g/mol. The minimum absolute atomic E-state index is 0.00944. The number of hydrogen-bond donors (Lipinski definition) is 2. The molecule has 1 aliphatic heterocycles. The molecule has 1 aromatic carbocycles. The predicted octanol–water partition coefficient (Wildman–Crippen LogP) is 0.956. The first-order valence-corrected chi connectivity index (χ1v) is 10.5. The van der Waals surface area contributed by atoms with Crippen molar-refractivity contribution in [3.8, 4) is 0 Å². The van der Waals surface area contributed by atoms with Crippen molar-refractivity contribution >= 4 is 16.6 Å². The number of nitrogens with two attached hydrogens (primary N) is 2. The Hall–Kier alpha value is -2.32. The maximum Gasteiger partial charge on any atom is 0.350 e. The second-order valence-electron chi connectivity index (χ2n) is 8.53. The van der Waals surface area contributed by atoms with Gasteiger partial charge in [-0.25, -0.2) is 4.79 Å². The molecule has 2 aromatic rings. The Morgan fingerprint density at radius 2 is 1.97 bits per heavy atom. The fourth-order valence-corrected chi connectivity index (χ4v) is 4.74. The summed E-state index contributed by atoms with van der Waals surface area (Å²) in [6, 6.07) is 3.90. The topological polar surface area (TPSA) is 109 Å². The van der Waals surface area contributed by atoms with Crippen molar-refractivity contribution in [2.45, 2.75) is 45.7 Å². The summed E-state index contributed by atoms with van der Waals surface area (Å²) in [6.07, 6.45) is 1.87. The lowest BCUT2D eigenvalue weighted by Crippen LogP contribution is -2.44. The molecule has 1 saturated carbocycles. The molecule has 8 heteroatoms. The van der Waals surface area contributed by atoms with Gasteiger partial charge in [-0.3, -0.25) is 9.36 Å². The number of benzene rings is 1. The number of nitrogens with zero attached hydrogens (tertiary/aromatic N) is 3. The minimum Gasteiger partial charge on any atom is -0.380 e. The summed E-state index contributed by atoms with van der Waals surface area (Å²) in [5, 5.41) is 0.497. The predicted molar refractivity (Wildman–Crippen MR) is 115 cm³/mol. The fraction of sp³-hybridized carbons (Fsp3) is 0.619. The first kappa shape index (κ1) is 20.0. The Kier molecular flexibility index (Phi) is 5.16. The third-order valence-corrected chi connectivity index (χ3v) is 6.49. The summed E-state index contributed by atoms with van der Waals surface area (Å²) in [5.74, 6) is 6.54. The standard InChI is InChI=1S/C21H31N5O3/c1-4-29-11-17(22)16-10-24(9-12(16)2)18-8-7-15-19(13(18)3)25(14-5-6-14)21(28)26(23)20(15)27/h7-8,12,14,16-17H,4-6,9-11,22-23H2,1-3H3. The fourth-order valence-electron chi connectivity index (χ4n) is 4.74. The van der Waals surface area contributed by atoms with E-state index in [1.165, 1.54) is 0 Å². The van der Waals surface area contributed by atoms with Crippen LogP contribution in [0.4, 0.5) is 5.69 Å². The molecule has 2 aliphatic rings. The summed E-state index contributed by atoms with van der Waals surface area (Å²) in [7, 11) is 0. The molecular weight excluding hydrogens is 370 g/mol. The van der Waals surface area contributed by atoms with Crippen molar-refractivity contribution in [3.63, 3.8) is 0 Å². The number of ether oxygens (including phenoxy) is 1. The molecule has 3 unspecified atom stereocenters. The highest BCUT2D eigenvalue weighted by Gasteiger charge is 2.35. The van der Waals surface area contributed by atoms with Crippen LogP contribution < -0.4 is 27.7 Å². The van der Waals surface area contributed by atoms with Gasteiger partial charge in [-0.05, 0) is 56.2 Å². The molecule has 4 N–H and O–H groups in total. The van der Waals surface area contributed by atoms with E-state index in [9.17, 15) is 9.59 Å². The number of anilines is 1. The van der Waals surface area contributed by atoms with Gasteiger partial charge >= 0.3 is 5.69 Å². The van der Waals surface area contributed by atoms with Gasteiger partial charge in [-0.2, -0.15) is 4.68 Å². The van der Waals surface area contributed by atoms with E-state index in [0.29, 0.717) is 30.4 Å². The van der Waals surface area contributed by atoms with E-state index in [4.69, 9.17) is 16.3 Å². The smallest absolute Gasteiger partial charge is 0.350 e. The van der Waals surface area contributed by atoms with Crippen LogP contribution in [-0.4, -0.2) is 41.6 Å². The van der Waals surface area contributed by atoms with Crippen LogP contribution in [-0.2, 0) is 4.74 Å². The van der Waals surface area contributed by atoms with Gasteiger partial charge in [-0.1, -0.05) is 6.92 Å². The van der Waals surface area contributed by atoms with Gasteiger partial charge < -0.3 is 21.2 Å². The van der Waals surface area contributed by atoms with E-state index >= 15 is 0 Å². The lowest BCUT2D eigenvalue weighted by Gasteiger charge is -2.25. The van der Waals surface area contributed by atoms with Gasteiger partial charge in [0.25, 0.3) is 5.56 Å². The number of fused-ring (bicyclic) bond motifs is 1. The van der Waals surface area contributed by atoms with Crippen molar-refractivity contribution in [1.29, 1.82) is 0 Å². The molecule has 0 spiro atoms. The van der Waals surface area contributed by atoms with Crippen molar-refractivity contribution in [3.05, 3.63) is 38.5 Å². The summed E-state index contributed by atoms with van der Waals surface area (Å²) in [6.45, 7) is 9.15. The SMILES string of the molecule is CCOCC(N)C1CN(c2ccc3c(=O)n(N)c(=O)n(C4CC4)c3c2C)CC1C. The van der Waals surface area contributed by atoms with E-state index in [1.54, 1.807) is 10.6 Å². The normalized spacial score (nSPS) is 23.1. The monoisotopic (exact) mass is 401 g/mol. The number of aromatic nitrogens is 2. The summed E-state index contributed by atoms with van der Waals surface area (Å²) >= 11 is 0. The molecule has 3 atom stereocenters. The Bertz CT molecular complexity index is 1040. The molecule has 4 rings (SSSR count). The van der Waals surface area contributed by atoms with Crippen LogP contribution in [0.15, 0.2) is 21.7 Å². The van der Waals surface area contributed by atoms with Crippen LogP contribution in [0.3, 0.4) is 0 Å². The number of aryl methyl sites for hydroxylation is 1. The van der Waals surface area contributed by atoms with Crippen LogP contribution >= 0.6 is 0 Å². The summed E-state index contributed by atoms with van der Waals surface area (Å²) in [5.41, 5.74) is 8.25. The van der Waals surface area contributed by atoms with Gasteiger partial charge in [0.1, 0.15) is 0 Å². The van der Waals surface area contributed by atoms with Crippen LogP contribution in [0.1, 0.15) is 38.3 Å². The third-order valence-electron chi connectivity index (χ3n) is 6.49. The molecule has 0 bridgehead atoms. The molecule has 1 saturated heterocycles. The maximum absolute atomic E-state index is 12.7.